The predicted molar refractivity (Wildman–Crippen MR) is 136 cm³/mol. The number of carbonyl (C=O) groups excluding carboxylic acids is 2. The molecule has 0 aliphatic carbocycles. The lowest BCUT2D eigenvalue weighted by Gasteiger charge is -2.35. The fourth-order valence-corrected chi connectivity index (χ4v) is 4.15. The van der Waals surface area contributed by atoms with E-state index in [0.717, 1.165) is 29.0 Å². The van der Waals surface area contributed by atoms with Crippen LogP contribution in [-0.4, -0.2) is 79.4 Å². The number of rotatable bonds is 11. The number of carbonyl (C=O) groups is 2. The van der Waals surface area contributed by atoms with Gasteiger partial charge in [0.05, 0.1) is 20.2 Å². The maximum atomic E-state index is 12.9. The van der Waals surface area contributed by atoms with E-state index in [1.165, 1.54) is 0 Å². The highest BCUT2D eigenvalue weighted by molar-refractivity contribution is 5.93. The number of nitrogens with one attached hydrogen (secondary N) is 1. The maximum Gasteiger partial charge on any atom is 0.238 e. The van der Waals surface area contributed by atoms with E-state index in [4.69, 9.17) is 4.74 Å². The monoisotopic (exact) mass is 464 g/mol. The van der Waals surface area contributed by atoms with Gasteiger partial charge in [0.15, 0.2) is 0 Å². The molecule has 7 nitrogen and oxygen atoms in total. The smallest absolute Gasteiger partial charge is 0.238 e. The van der Waals surface area contributed by atoms with Crippen molar-refractivity contribution in [1.29, 1.82) is 0 Å². The molecule has 1 saturated heterocycles. The summed E-state index contributed by atoms with van der Waals surface area (Å²) in [5, 5.41) is 3.03. The minimum absolute atomic E-state index is 0.0164. The van der Waals surface area contributed by atoms with Crippen molar-refractivity contribution in [2.75, 3.05) is 58.2 Å². The summed E-state index contributed by atoms with van der Waals surface area (Å²) in [6.07, 6.45) is 2.70. The standard InChI is InChI=1S/C27H36N4O3/c1-4-14-30(19-22-10-12-24(34-3)13-11-22)21-27(33)31-17-15-29(16-18-31)20-26(32)28-25-9-7-6-8-23(25)5-2/h4,6-13H,1,5,14-21H2,2-3H3,(H,28,32). The lowest BCUT2D eigenvalue weighted by molar-refractivity contribution is -0.134. The van der Waals surface area contributed by atoms with Crippen LogP contribution in [0.25, 0.3) is 0 Å². The van der Waals surface area contributed by atoms with E-state index < -0.39 is 0 Å². The second kappa shape index (κ2) is 12.9. The fourth-order valence-electron chi connectivity index (χ4n) is 4.15. The number of nitrogens with zero attached hydrogens (tertiary/aromatic N) is 3. The van der Waals surface area contributed by atoms with Crippen molar-refractivity contribution >= 4 is 17.5 Å². The average molecular weight is 465 g/mol. The highest BCUT2D eigenvalue weighted by Gasteiger charge is 2.24. The van der Waals surface area contributed by atoms with Crippen LogP contribution in [-0.2, 0) is 22.6 Å². The summed E-state index contributed by atoms with van der Waals surface area (Å²) < 4.78 is 5.22. The normalized spacial score (nSPS) is 14.1. The summed E-state index contributed by atoms with van der Waals surface area (Å²) in [6, 6.07) is 15.8. The molecule has 2 aromatic rings. The quantitative estimate of drug-likeness (QED) is 0.518. The molecule has 0 aromatic heterocycles. The minimum Gasteiger partial charge on any atom is -0.497 e. The maximum absolute atomic E-state index is 12.9. The van der Waals surface area contributed by atoms with Crippen LogP contribution in [0.5, 0.6) is 5.75 Å². The molecule has 2 amide bonds. The number of amides is 2. The molecule has 1 heterocycles. The summed E-state index contributed by atoms with van der Waals surface area (Å²) in [4.78, 5) is 31.6. The highest BCUT2D eigenvalue weighted by Crippen LogP contribution is 2.16. The largest absolute Gasteiger partial charge is 0.497 e. The van der Waals surface area contributed by atoms with Crippen molar-refractivity contribution in [3.05, 3.63) is 72.3 Å². The Balaban J connectivity index is 1.46. The molecule has 1 aliphatic heterocycles. The number of methoxy groups -OCH3 is 1. The van der Waals surface area contributed by atoms with Gasteiger partial charge in [-0.1, -0.05) is 43.3 Å². The SMILES string of the molecule is C=CCN(CC(=O)N1CCN(CC(=O)Nc2ccccc2CC)CC1)Cc1ccc(OC)cc1. The van der Waals surface area contributed by atoms with Gasteiger partial charge >= 0.3 is 0 Å². The molecule has 0 atom stereocenters. The lowest BCUT2D eigenvalue weighted by Crippen LogP contribution is -2.52. The number of para-hydroxylation sites is 1. The van der Waals surface area contributed by atoms with E-state index in [9.17, 15) is 9.59 Å². The first kappa shape index (κ1) is 25.5. The lowest BCUT2D eigenvalue weighted by atomic mass is 10.1. The second-order valence-corrected chi connectivity index (χ2v) is 8.52. The molecule has 1 N–H and O–H groups in total. The summed E-state index contributed by atoms with van der Waals surface area (Å²) in [5.74, 6) is 0.907. The van der Waals surface area contributed by atoms with Crippen LogP contribution in [0.3, 0.4) is 0 Å². The van der Waals surface area contributed by atoms with Gasteiger partial charge in [-0.05, 0) is 35.7 Å². The molecule has 1 fully saturated rings. The molecular formula is C27H36N4O3. The Kier molecular flexibility index (Phi) is 9.67. The van der Waals surface area contributed by atoms with Crippen LogP contribution in [0.2, 0.25) is 0 Å². The zero-order valence-electron chi connectivity index (χ0n) is 20.3. The molecule has 0 saturated carbocycles. The zero-order chi connectivity index (χ0) is 24.3. The molecule has 0 bridgehead atoms. The first-order chi connectivity index (χ1) is 16.5. The molecule has 1 aliphatic rings. The van der Waals surface area contributed by atoms with Crippen LogP contribution in [0.4, 0.5) is 5.69 Å². The Hall–Kier alpha value is -3.16. The molecule has 2 aromatic carbocycles. The van der Waals surface area contributed by atoms with Gasteiger partial charge in [-0.25, -0.2) is 0 Å². The van der Waals surface area contributed by atoms with Gasteiger partial charge in [-0.15, -0.1) is 6.58 Å². The van der Waals surface area contributed by atoms with E-state index in [1.54, 1.807) is 7.11 Å². The highest BCUT2D eigenvalue weighted by atomic mass is 16.5. The molecule has 182 valence electrons. The van der Waals surface area contributed by atoms with E-state index in [2.05, 4.69) is 28.6 Å². The molecule has 34 heavy (non-hydrogen) atoms. The van der Waals surface area contributed by atoms with Gasteiger partial charge in [-0.2, -0.15) is 0 Å². The third kappa shape index (κ3) is 7.43. The molecular weight excluding hydrogens is 428 g/mol. The first-order valence-electron chi connectivity index (χ1n) is 11.9. The number of benzene rings is 2. The van der Waals surface area contributed by atoms with Crippen LogP contribution >= 0.6 is 0 Å². The number of piperazine rings is 1. The molecule has 3 rings (SSSR count). The third-order valence-corrected chi connectivity index (χ3v) is 6.08. The van der Waals surface area contributed by atoms with Gasteiger partial charge in [0.1, 0.15) is 5.75 Å². The molecule has 0 radical (unpaired) electrons. The van der Waals surface area contributed by atoms with Gasteiger partial charge < -0.3 is 15.0 Å². The third-order valence-electron chi connectivity index (χ3n) is 6.08. The van der Waals surface area contributed by atoms with Gasteiger partial charge in [0.2, 0.25) is 11.8 Å². The first-order valence-corrected chi connectivity index (χ1v) is 11.9. The van der Waals surface area contributed by atoms with Gasteiger partial charge in [0.25, 0.3) is 0 Å². The Morgan fingerprint density at radius 1 is 1.09 bits per heavy atom. The molecule has 0 spiro atoms. The number of ether oxygens (including phenoxy) is 1. The van der Waals surface area contributed by atoms with Gasteiger partial charge in [-0.3, -0.25) is 19.4 Å². The zero-order valence-corrected chi connectivity index (χ0v) is 20.3. The van der Waals surface area contributed by atoms with E-state index in [1.807, 2.05) is 59.5 Å². The Bertz CT molecular complexity index is 953. The number of hydrogen-bond donors (Lipinski definition) is 1. The van der Waals surface area contributed by atoms with E-state index in [-0.39, 0.29) is 11.8 Å². The predicted octanol–water partition coefficient (Wildman–Crippen LogP) is 3.03. The second-order valence-electron chi connectivity index (χ2n) is 8.52. The number of aryl methyl sites for hydroxylation is 1. The Morgan fingerprint density at radius 2 is 1.79 bits per heavy atom. The minimum atomic E-state index is -0.0164. The van der Waals surface area contributed by atoms with Crippen LogP contribution in [0.1, 0.15) is 18.1 Å². The van der Waals surface area contributed by atoms with E-state index in [0.29, 0.717) is 52.4 Å². The summed E-state index contributed by atoms with van der Waals surface area (Å²) in [6.45, 7) is 10.5. The van der Waals surface area contributed by atoms with Crippen molar-refractivity contribution < 1.29 is 14.3 Å². The average Bonchev–Trinajstić information content (AvgIpc) is 2.85. The van der Waals surface area contributed by atoms with Crippen molar-refractivity contribution in [2.45, 2.75) is 19.9 Å². The van der Waals surface area contributed by atoms with Crippen molar-refractivity contribution in [3.63, 3.8) is 0 Å². The molecule has 0 unspecified atom stereocenters. The van der Waals surface area contributed by atoms with Crippen LogP contribution in [0.15, 0.2) is 61.2 Å². The molecule has 7 heteroatoms. The Labute approximate surface area is 203 Å². The number of hydrogen-bond acceptors (Lipinski definition) is 5. The summed E-state index contributed by atoms with van der Waals surface area (Å²) >= 11 is 0. The fraction of sp³-hybridized carbons (Fsp3) is 0.407. The van der Waals surface area contributed by atoms with Crippen LogP contribution in [0, 0.1) is 0 Å². The summed E-state index contributed by atoms with van der Waals surface area (Å²) in [7, 11) is 1.65. The van der Waals surface area contributed by atoms with Gasteiger partial charge in [0, 0.05) is 45.0 Å². The topological polar surface area (TPSA) is 65.1 Å². The number of anilines is 1. The Morgan fingerprint density at radius 3 is 2.44 bits per heavy atom. The van der Waals surface area contributed by atoms with Crippen LogP contribution < -0.4 is 10.1 Å². The van der Waals surface area contributed by atoms with Crippen molar-refractivity contribution in [2.24, 2.45) is 0 Å². The van der Waals surface area contributed by atoms with Crippen molar-refractivity contribution in [3.8, 4) is 5.75 Å². The van der Waals surface area contributed by atoms with E-state index >= 15 is 0 Å². The van der Waals surface area contributed by atoms with Crippen molar-refractivity contribution in [1.82, 2.24) is 14.7 Å². The summed E-state index contributed by atoms with van der Waals surface area (Å²) in [5.41, 5.74) is 3.13.